The van der Waals surface area contributed by atoms with Crippen LogP contribution in [0, 0.1) is 11.8 Å². The molecule has 1 atom stereocenters. The lowest BCUT2D eigenvalue weighted by Gasteiger charge is -2.22. The third kappa shape index (κ3) is 2.19. The highest BCUT2D eigenvalue weighted by Gasteiger charge is 2.44. The Morgan fingerprint density at radius 2 is 1.90 bits per heavy atom. The molecule has 2 saturated carbocycles. The second-order valence-electron chi connectivity index (χ2n) is 6.25. The molecule has 1 unspecified atom stereocenters. The molecular formula is C16H18BrClN2. The molecule has 0 amide bonds. The van der Waals surface area contributed by atoms with Gasteiger partial charge in [0.05, 0.1) is 16.4 Å². The van der Waals surface area contributed by atoms with Gasteiger partial charge in [0.1, 0.15) is 5.82 Å². The van der Waals surface area contributed by atoms with Gasteiger partial charge in [-0.15, -0.1) is 11.6 Å². The molecule has 20 heavy (non-hydrogen) atoms. The Balaban J connectivity index is 1.92. The van der Waals surface area contributed by atoms with Crippen LogP contribution in [0.4, 0.5) is 0 Å². The number of nitrogens with zero attached hydrogens (tertiary/aromatic N) is 2. The van der Waals surface area contributed by atoms with Gasteiger partial charge in [0, 0.05) is 10.5 Å². The summed E-state index contributed by atoms with van der Waals surface area (Å²) in [5.74, 6) is 2.74. The molecule has 0 bridgehead atoms. The fourth-order valence-corrected chi connectivity index (χ4v) is 3.87. The quantitative estimate of drug-likeness (QED) is 0.667. The van der Waals surface area contributed by atoms with E-state index in [-0.39, 0.29) is 5.38 Å². The Morgan fingerprint density at radius 3 is 2.45 bits per heavy atom. The average Bonchev–Trinajstić information content (AvgIpc) is 3.28. The van der Waals surface area contributed by atoms with Crippen LogP contribution in [0.25, 0.3) is 11.0 Å². The van der Waals surface area contributed by atoms with Crippen molar-refractivity contribution in [3.05, 3.63) is 28.5 Å². The van der Waals surface area contributed by atoms with Gasteiger partial charge in [0.2, 0.25) is 0 Å². The first-order valence-electron chi connectivity index (χ1n) is 7.46. The summed E-state index contributed by atoms with van der Waals surface area (Å²) in [4.78, 5) is 4.82. The monoisotopic (exact) mass is 352 g/mol. The van der Waals surface area contributed by atoms with Crippen molar-refractivity contribution in [3.8, 4) is 0 Å². The van der Waals surface area contributed by atoms with Crippen LogP contribution in [0.1, 0.15) is 49.9 Å². The van der Waals surface area contributed by atoms with Crippen molar-refractivity contribution in [2.24, 2.45) is 11.8 Å². The third-order valence-corrected chi connectivity index (χ3v) is 5.23. The van der Waals surface area contributed by atoms with Gasteiger partial charge < -0.3 is 4.57 Å². The van der Waals surface area contributed by atoms with Crippen molar-refractivity contribution in [3.63, 3.8) is 0 Å². The lowest BCUT2D eigenvalue weighted by molar-refractivity contribution is 0.392. The molecule has 0 spiro atoms. The standard InChI is InChI=1S/C16H18BrClN2/c1-9(18)16-19-13-8-12(17)6-7-14(13)20(16)15(10-2-3-10)11-4-5-11/h6-11,15H,2-5H2,1H3. The van der Waals surface area contributed by atoms with E-state index in [1.807, 2.05) is 6.92 Å². The predicted molar refractivity (Wildman–Crippen MR) is 86.2 cm³/mol. The lowest BCUT2D eigenvalue weighted by atomic mass is 10.1. The zero-order valence-electron chi connectivity index (χ0n) is 11.5. The van der Waals surface area contributed by atoms with Gasteiger partial charge in [-0.05, 0) is 62.6 Å². The SMILES string of the molecule is CC(Cl)c1nc2cc(Br)ccc2n1C(C1CC1)C1CC1. The molecule has 2 aliphatic carbocycles. The summed E-state index contributed by atoms with van der Waals surface area (Å²) in [6.45, 7) is 2.03. The number of hydrogen-bond donors (Lipinski definition) is 0. The minimum Gasteiger partial charge on any atom is -0.323 e. The van der Waals surface area contributed by atoms with E-state index >= 15 is 0 Å². The van der Waals surface area contributed by atoms with Crippen LogP contribution in [0.3, 0.4) is 0 Å². The van der Waals surface area contributed by atoms with Gasteiger partial charge in [0.25, 0.3) is 0 Å². The molecule has 1 aromatic heterocycles. The molecule has 106 valence electrons. The summed E-state index contributed by atoms with van der Waals surface area (Å²) < 4.78 is 3.55. The summed E-state index contributed by atoms with van der Waals surface area (Å²) in [6, 6.07) is 7.02. The summed E-state index contributed by atoms with van der Waals surface area (Å²) in [5, 5.41) is -0.0406. The van der Waals surface area contributed by atoms with E-state index in [9.17, 15) is 0 Å². The van der Waals surface area contributed by atoms with Crippen molar-refractivity contribution < 1.29 is 0 Å². The number of aromatic nitrogens is 2. The molecule has 0 aliphatic heterocycles. The number of halogens is 2. The molecule has 4 rings (SSSR count). The highest BCUT2D eigenvalue weighted by Crippen LogP contribution is 2.53. The fourth-order valence-electron chi connectivity index (χ4n) is 3.37. The highest BCUT2D eigenvalue weighted by molar-refractivity contribution is 9.10. The molecule has 0 N–H and O–H groups in total. The van der Waals surface area contributed by atoms with Crippen molar-refractivity contribution in [2.45, 2.75) is 44.0 Å². The largest absolute Gasteiger partial charge is 0.323 e. The number of hydrogen-bond acceptors (Lipinski definition) is 1. The minimum absolute atomic E-state index is 0.0406. The van der Waals surface area contributed by atoms with Crippen LogP contribution in [0.15, 0.2) is 22.7 Å². The lowest BCUT2D eigenvalue weighted by Crippen LogP contribution is -2.16. The first kappa shape index (κ1) is 13.1. The van der Waals surface area contributed by atoms with Gasteiger partial charge in [-0.25, -0.2) is 4.98 Å². The van der Waals surface area contributed by atoms with Crippen LogP contribution in [-0.2, 0) is 0 Å². The van der Waals surface area contributed by atoms with Gasteiger partial charge in [0.15, 0.2) is 0 Å². The molecular weight excluding hydrogens is 336 g/mol. The van der Waals surface area contributed by atoms with Crippen molar-refractivity contribution in [1.29, 1.82) is 0 Å². The maximum atomic E-state index is 6.42. The minimum atomic E-state index is -0.0406. The molecule has 1 aromatic carbocycles. The zero-order chi connectivity index (χ0) is 13.9. The molecule has 2 aliphatic rings. The Labute approximate surface area is 132 Å². The third-order valence-electron chi connectivity index (χ3n) is 4.54. The van der Waals surface area contributed by atoms with Gasteiger partial charge in [-0.2, -0.15) is 0 Å². The smallest absolute Gasteiger partial charge is 0.127 e. The zero-order valence-corrected chi connectivity index (χ0v) is 13.9. The van der Waals surface area contributed by atoms with E-state index in [2.05, 4.69) is 38.7 Å². The highest BCUT2D eigenvalue weighted by atomic mass is 79.9. The summed E-state index contributed by atoms with van der Waals surface area (Å²) in [6.07, 6.45) is 5.47. The molecule has 1 heterocycles. The number of rotatable bonds is 4. The van der Waals surface area contributed by atoms with E-state index in [4.69, 9.17) is 16.6 Å². The predicted octanol–water partition coefficient (Wildman–Crippen LogP) is 5.46. The van der Waals surface area contributed by atoms with Crippen molar-refractivity contribution >= 4 is 38.6 Å². The van der Waals surface area contributed by atoms with Crippen LogP contribution < -0.4 is 0 Å². The summed E-state index contributed by atoms with van der Waals surface area (Å²) in [7, 11) is 0. The van der Waals surface area contributed by atoms with Crippen molar-refractivity contribution in [2.75, 3.05) is 0 Å². The van der Waals surface area contributed by atoms with Crippen LogP contribution in [-0.4, -0.2) is 9.55 Å². The summed E-state index contributed by atoms with van der Waals surface area (Å²) in [5.41, 5.74) is 2.31. The van der Waals surface area contributed by atoms with Gasteiger partial charge in [-0.3, -0.25) is 0 Å². The van der Waals surface area contributed by atoms with E-state index in [0.717, 1.165) is 27.6 Å². The molecule has 2 nitrogen and oxygen atoms in total. The Hall–Kier alpha value is -0.540. The average molecular weight is 354 g/mol. The normalized spacial score (nSPS) is 20.8. The summed E-state index contributed by atoms with van der Waals surface area (Å²) >= 11 is 9.96. The molecule has 2 fully saturated rings. The van der Waals surface area contributed by atoms with Crippen LogP contribution in [0.5, 0.6) is 0 Å². The number of fused-ring (bicyclic) bond motifs is 1. The Morgan fingerprint density at radius 1 is 1.25 bits per heavy atom. The first-order chi connectivity index (χ1) is 9.65. The van der Waals surface area contributed by atoms with E-state index in [0.29, 0.717) is 6.04 Å². The molecule has 2 aromatic rings. The second kappa shape index (κ2) is 4.74. The van der Waals surface area contributed by atoms with E-state index in [1.165, 1.54) is 31.2 Å². The number of benzene rings is 1. The molecule has 0 radical (unpaired) electrons. The van der Waals surface area contributed by atoms with Crippen molar-refractivity contribution in [1.82, 2.24) is 9.55 Å². The maximum absolute atomic E-state index is 6.42. The second-order valence-corrected chi connectivity index (χ2v) is 7.82. The maximum Gasteiger partial charge on any atom is 0.127 e. The molecule has 0 saturated heterocycles. The van der Waals surface area contributed by atoms with Crippen LogP contribution in [0.2, 0.25) is 0 Å². The topological polar surface area (TPSA) is 17.8 Å². The Kier molecular flexibility index (Phi) is 3.11. The number of imidazole rings is 1. The van der Waals surface area contributed by atoms with Gasteiger partial charge in [-0.1, -0.05) is 15.9 Å². The van der Waals surface area contributed by atoms with Crippen LogP contribution >= 0.6 is 27.5 Å². The fraction of sp³-hybridized carbons (Fsp3) is 0.562. The first-order valence-corrected chi connectivity index (χ1v) is 8.69. The van der Waals surface area contributed by atoms with E-state index < -0.39 is 0 Å². The van der Waals surface area contributed by atoms with E-state index in [1.54, 1.807) is 0 Å². The van der Waals surface area contributed by atoms with Gasteiger partial charge >= 0.3 is 0 Å². The number of alkyl halides is 1. The Bertz CT molecular complexity index is 644. The molecule has 4 heteroatoms.